The highest BCUT2D eigenvalue weighted by Gasteiger charge is 2.38. The Labute approximate surface area is 150 Å². The zero-order valence-corrected chi connectivity index (χ0v) is 15.1. The number of nitrogens with one attached hydrogen (secondary N) is 1. The summed E-state index contributed by atoms with van der Waals surface area (Å²) in [6.45, 7) is 5.75. The quantitative estimate of drug-likeness (QED) is 0.842. The summed E-state index contributed by atoms with van der Waals surface area (Å²) in [4.78, 5) is 13.3. The average Bonchev–Trinajstić information content (AvgIpc) is 2.85. The van der Waals surface area contributed by atoms with Gasteiger partial charge < -0.3 is 15.3 Å². The predicted octanol–water partition coefficient (Wildman–Crippen LogP) is 1.27. The summed E-state index contributed by atoms with van der Waals surface area (Å²) < 4.78 is 0. The highest BCUT2D eigenvalue weighted by molar-refractivity contribution is 5.35. The van der Waals surface area contributed by atoms with E-state index in [0.29, 0.717) is 18.0 Å². The van der Waals surface area contributed by atoms with E-state index in [1.54, 1.807) is 18.6 Å². The summed E-state index contributed by atoms with van der Waals surface area (Å²) in [5.41, 5.74) is 0.609. The number of aromatic nitrogens is 2. The predicted molar refractivity (Wildman–Crippen MR) is 98.6 cm³/mol. The normalized spacial score (nSPS) is 28.8. The van der Waals surface area contributed by atoms with Gasteiger partial charge in [-0.15, -0.1) is 0 Å². The maximum atomic E-state index is 10.5. The number of β-amino-alcohol motifs (C(OH)–C–C–N with tert-alkyl or cyclic N) is 1. The third-order valence-electron chi connectivity index (χ3n) is 6.60. The summed E-state index contributed by atoms with van der Waals surface area (Å²) in [6.07, 6.45) is 12.9. The number of rotatable bonds is 2. The van der Waals surface area contributed by atoms with E-state index >= 15 is 0 Å². The lowest BCUT2D eigenvalue weighted by molar-refractivity contribution is 0.0467. The van der Waals surface area contributed by atoms with E-state index < -0.39 is 0 Å². The van der Waals surface area contributed by atoms with E-state index in [-0.39, 0.29) is 6.10 Å². The van der Waals surface area contributed by atoms with Crippen LogP contribution in [0, 0.1) is 5.41 Å². The van der Waals surface area contributed by atoms with Crippen LogP contribution in [0.25, 0.3) is 0 Å². The summed E-state index contributed by atoms with van der Waals surface area (Å²) in [5.74, 6) is 0.876. The first kappa shape index (κ1) is 17.2. The van der Waals surface area contributed by atoms with Gasteiger partial charge >= 0.3 is 0 Å². The van der Waals surface area contributed by atoms with Crippen molar-refractivity contribution >= 4 is 5.82 Å². The molecule has 1 aromatic heterocycles. The number of nitrogens with zero attached hydrogens (tertiary/aromatic N) is 4. The number of hydrogen-bond acceptors (Lipinski definition) is 6. The standard InChI is InChI=1S/C19H31N5O/c25-17-14-23(11-12-24(15-17)18-13-21-9-10-22-18)16-1-3-19(4-2-16)5-7-20-8-6-19/h9-10,13,16-17,20,25H,1-8,11-12,14-15H2. The van der Waals surface area contributed by atoms with Gasteiger partial charge in [-0.25, -0.2) is 4.98 Å². The molecule has 0 amide bonds. The Bertz CT molecular complexity index is 538. The molecule has 2 N–H and O–H groups in total. The van der Waals surface area contributed by atoms with Crippen molar-refractivity contribution in [3.8, 4) is 0 Å². The number of aliphatic hydroxyl groups is 1. The summed E-state index contributed by atoms with van der Waals surface area (Å²) in [7, 11) is 0. The van der Waals surface area contributed by atoms with E-state index in [4.69, 9.17) is 0 Å². The van der Waals surface area contributed by atoms with Gasteiger partial charge in [-0.1, -0.05) is 0 Å². The van der Waals surface area contributed by atoms with Gasteiger partial charge in [0, 0.05) is 44.6 Å². The first-order chi connectivity index (χ1) is 12.2. The zero-order chi connectivity index (χ0) is 17.1. The lowest BCUT2D eigenvalue weighted by atomic mass is 9.67. The van der Waals surface area contributed by atoms with Crippen LogP contribution < -0.4 is 10.2 Å². The Kier molecular flexibility index (Phi) is 5.20. The van der Waals surface area contributed by atoms with Crippen LogP contribution in [0.1, 0.15) is 38.5 Å². The van der Waals surface area contributed by atoms with Gasteiger partial charge in [-0.05, 0) is 57.0 Å². The van der Waals surface area contributed by atoms with Crippen LogP contribution in [-0.2, 0) is 0 Å². The van der Waals surface area contributed by atoms with E-state index in [2.05, 4.69) is 25.1 Å². The van der Waals surface area contributed by atoms with E-state index in [1.165, 1.54) is 51.6 Å². The SMILES string of the molecule is OC1CN(c2cnccn2)CCN(C2CCC3(CCNCC3)CC2)C1. The minimum absolute atomic E-state index is 0.320. The number of anilines is 1. The molecule has 1 unspecified atom stereocenters. The number of piperidine rings is 1. The van der Waals surface area contributed by atoms with Gasteiger partial charge in [0.25, 0.3) is 0 Å². The largest absolute Gasteiger partial charge is 0.390 e. The second-order valence-corrected chi connectivity index (χ2v) is 8.14. The molecule has 1 aromatic rings. The molecule has 2 aliphatic heterocycles. The Morgan fingerprint density at radius 1 is 1.04 bits per heavy atom. The van der Waals surface area contributed by atoms with Crippen molar-refractivity contribution in [3.63, 3.8) is 0 Å². The molecule has 2 saturated heterocycles. The number of hydrogen-bond donors (Lipinski definition) is 2. The van der Waals surface area contributed by atoms with Gasteiger partial charge in [-0.2, -0.15) is 0 Å². The maximum absolute atomic E-state index is 10.5. The van der Waals surface area contributed by atoms with Gasteiger partial charge in [0.2, 0.25) is 0 Å². The highest BCUT2D eigenvalue weighted by atomic mass is 16.3. The molecule has 3 aliphatic rings. The van der Waals surface area contributed by atoms with Crippen molar-refractivity contribution in [2.24, 2.45) is 5.41 Å². The second-order valence-electron chi connectivity index (χ2n) is 8.14. The molecule has 1 spiro atoms. The third kappa shape index (κ3) is 3.96. The maximum Gasteiger partial charge on any atom is 0.147 e. The van der Waals surface area contributed by atoms with Crippen LogP contribution in [-0.4, -0.2) is 71.4 Å². The van der Waals surface area contributed by atoms with E-state index in [0.717, 1.165) is 25.5 Å². The van der Waals surface area contributed by atoms with Crippen molar-refractivity contribution in [1.82, 2.24) is 20.2 Å². The Morgan fingerprint density at radius 2 is 1.84 bits per heavy atom. The molecule has 25 heavy (non-hydrogen) atoms. The monoisotopic (exact) mass is 345 g/mol. The van der Waals surface area contributed by atoms with Gasteiger partial charge in [0.05, 0.1) is 12.3 Å². The molecule has 6 nitrogen and oxygen atoms in total. The average molecular weight is 345 g/mol. The molecule has 1 atom stereocenters. The Hall–Kier alpha value is -1.24. The van der Waals surface area contributed by atoms with Crippen molar-refractivity contribution in [1.29, 1.82) is 0 Å². The van der Waals surface area contributed by atoms with Crippen molar-refractivity contribution < 1.29 is 5.11 Å². The fourth-order valence-corrected chi connectivity index (χ4v) is 5.05. The molecule has 6 heteroatoms. The topological polar surface area (TPSA) is 64.5 Å². The molecule has 0 aromatic carbocycles. The van der Waals surface area contributed by atoms with Crippen LogP contribution in [0.4, 0.5) is 5.82 Å². The third-order valence-corrected chi connectivity index (χ3v) is 6.60. The van der Waals surface area contributed by atoms with Crippen LogP contribution in [0.5, 0.6) is 0 Å². The highest BCUT2D eigenvalue weighted by Crippen LogP contribution is 2.44. The molecule has 0 bridgehead atoms. The number of aliphatic hydroxyl groups excluding tert-OH is 1. The fraction of sp³-hybridized carbons (Fsp3) is 0.789. The van der Waals surface area contributed by atoms with Gasteiger partial charge in [0.1, 0.15) is 5.82 Å². The smallest absolute Gasteiger partial charge is 0.147 e. The molecule has 3 heterocycles. The van der Waals surface area contributed by atoms with Crippen molar-refractivity contribution in [2.45, 2.75) is 50.7 Å². The molecule has 0 radical (unpaired) electrons. The molecular formula is C19H31N5O. The van der Waals surface area contributed by atoms with Crippen molar-refractivity contribution in [3.05, 3.63) is 18.6 Å². The molecule has 3 fully saturated rings. The summed E-state index contributed by atoms with van der Waals surface area (Å²) >= 11 is 0. The van der Waals surface area contributed by atoms with Crippen LogP contribution in [0.15, 0.2) is 18.6 Å². The molecule has 1 saturated carbocycles. The van der Waals surface area contributed by atoms with Crippen LogP contribution in [0.3, 0.4) is 0 Å². The lowest BCUT2D eigenvalue weighted by Gasteiger charge is -2.45. The van der Waals surface area contributed by atoms with Crippen molar-refractivity contribution in [2.75, 3.05) is 44.2 Å². The molecular weight excluding hydrogens is 314 g/mol. The van der Waals surface area contributed by atoms with Crippen LogP contribution >= 0.6 is 0 Å². The van der Waals surface area contributed by atoms with Gasteiger partial charge in [0.15, 0.2) is 0 Å². The lowest BCUT2D eigenvalue weighted by Crippen LogP contribution is -2.46. The fourth-order valence-electron chi connectivity index (χ4n) is 5.05. The van der Waals surface area contributed by atoms with E-state index in [1.807, 2.05) is 0 Å². The molecule has 138 valence electrons. The Balaban J connectivity index is 1.36. The molecule has 1 aliphatic carbocycles. The summed E-state index contributed by atoms with van der Waals surface area (Å²) in [6, 6.07) is 0.636. The van der Waals surface area contributed by atoms with Gasteiger partial charge in [-0.3, -0.25) is 9.88 Å². The Morgan fingerprint density at radius 3 is 2.56 bits per heavy atom. The second kappa shape index (κ2) is 7.56. The first-order valence-electron chi connectivity index (χ1n) is 9.88. The first-order valence-corrected chi connectivity index (χ1v) is 9.88. The van der Waals surface area contributed by atoms with E-state index in [9.17, 15) is 5.11 Å². The minimum Gasteiger partial charge on any atom is -0.390 e. The molecule has 4 rings (SSSR count). The zero-order valence-electron chi connectivity index (χ0n) is 15.1. The van der Waals surface area contributed by atoms with Crippen LogP contribution in [0.2, 0.25) is 0 Å². The summed E-state index contributed by atoms with van der Waals surface area (Å²) in [5, 5.41) is 14.0. The minimum atomic E-state index is -0.320.